The zero-order chi connectivity index (χ0) is 23.3. The molecule has 0 bridgehead atoms. The fourth-order valence-electron chi connectivity index (χ4n) is 3.08. The van der Waals surface area contributed by atoms with Crippen LogP contribution in [0, 0.1) is 10.7 Å². The molecule has 0 aliphatic carbocycles. The number of hydrogen-bond donors (Lipinski definition) is 2. The summed E-state index contributed by atoms with van der Waals surface area (Å²) < 4.78 is 13.3. The van der Waals surface area contributed by atoms with Crippen molar-refractivity contribution in [3.8, 4) is 0 Å². The highest BCUT2D eigenvalue weighted by Gasteiger charge is 2.16. The molecule has 0 saturated carbocycles. The molecule has 3 aromatic rings. The van der Waals surface area contributed by atoms with E-state index in [2.05, 4.69) is 20.8 Å². The van der Waals surface area contributed by atoms with E-state index in [1.165, 1.54) is 30.5 Å². The predicted octanol–water partition coefficient (Wildman–Crippen LogP) is 4.22. The first-order chi connectivity index (χ1) is 15.5. The number of amides is 1. The molecule has 0 saturated heterocycles. The summed E-state index contributed by atoms with van der Waals surface area (Å²) in [6.45, 7) is 0.347. The third kappa shape index (κ3) is 7.17. The molecule has 8 heteroatoms. The van der Waals surface area contributed by atoms with Gasteiger partial charge >= 0.3 is 0 Å². The Morgan fingerprint density at radius 2 is 1.81 bits per heavy atom. The Morgan fingerprint density at radius 3 is 2.41 bits per heavy atom. The molecule has 3 rings (SSSR count). The van der Waals surface area contributed by atoms with Gasteiger partial charge in [0.2, 0.25) is 0 Å². The lowest BCUT2D eigenvalue weighted by Gasteiger charge is -2.19. The normalized spacial score (nSPS) is 11.0. The molecule has 1 unspecified atom stereocenters. The van der Waals surface area contributed by atoms with E-state index in [4.69, 9.17) is 0 Å². The van der Waals surface area contributed by atoms with Gasteiger partial charge in [-0.25, -0.2) is 9.37 Å². The van der Waals surface area contributed by atoms with E-state index in [1.807, 2.05) is 20.2 Å². The molecule has 7 nitrogen and oxygen atoms in total. The van der Waals surface area contributed by atoms with Crippen LogP contribution in [0.2, 0.25) is 0 Å². The lowest BCUT2D eigenvalue weighted by molar-refractivity contribution is 0.0952. The number of benzene rings is 2. The van der Waals surface area contributed by atoms with Crippen molar-refractivity contribution in [2.24, 2.45) is 5.18 Å². The average Bonchev–Trinajstić information content (AvgIpc) is 2.83. The number of nitroso groups, excluding NO2 is 1. The van der Waals surface area contributed by atoms with Crippen molar-refractivity contribution in [3.05, 3.63) is 99.8 Å². The van der Waals surface area contributed by atoms with Crippen LogP contribution in [-0.4, -0.2) is 37.8 Å². The van der Waals surface area contributed by atoms with Crippen LogP contribution in [0.4, 0.5) is 10.2 Å². The fourth-order valence-corrected chi connectivity index (χ4v) is 3.08. The van der Waals surface area contributed by atoms with Crippen LogP contribution < -0.4 is 10.6 Å². The fraction of sp³-hybridized carbons (Fsp3) is 0.208. The second kappa shape index (κ2) is 12.8. The summed E-state index contributed by atoms with van der Waals surface area (Å²) in [5.74, 6) is -0.777. The van der Waals surface area contributed by atoms with Crippen LogP contribution in [0.3, 0.4) is 0 Å². The number of aromatic nitrogens is 1. The smallest absolute Gasteiger partial charge is 0.252 e. The van der Waals surface area contributed by atoms with Crippen molar-refractivity contribution in [2.75, 3.05) is 20.6 Å². The molecule has 32 heavy (non-hydrogen) atoms. The molecular formula is C24H25FN4O3. The second-order valence-electron chi connectivity index (χ2n) is 6.93. The summed E-state index contributed by atoms with van der Waals surface area (Å²) in [5.41, 5.74) is 2.65. The SMILES string of the molecule is CNC.O=Cc1cccc(C(CCNC(=O)c2ccc(N=O)nc2)c2ccc(F)cc2)c1. The minimum absolute atomic E-state index is 0.00739. The minimum Gasteiger partial charge on any atom is -0.352 e. The van der Waals surface area contributed by atoms with Crippen LogP contribution in [0.15, 0.2) is 72.0 Å². The third-order valence-electron chi connectivity index (χ3n) is 4.54. The van der Waals surface area contributed by atoms with Crippen molar-refractivity contribution in [1.82, 2.24) is 15.6 Å². The van der Waals surface area contributed by atoms with Gasteiger partial charge in [-0.3, -0.25) is 9.59 Å². The molecule has 1 atom stereocenters. The lowest BCUT2D eigenvalue weighted by atomic mass is 9.87. The maximum Gasteiger partial charge on any atom is 0.252 e. The summed E-state index contributed by atoms with van der Waals surface area (Å²) in [6, 6.07) is 16.2. The summed E-state index contributed by atoms with van der Waals surface area (Å²) in [5, 5.41) is 8.26. The zero-order valence-electron chi connectivity index (χ0n) is 17.9. The molecule has 0 radical (unpaired) electrons. The van der Waals surface area contributed by atoms with Gasteiger partial charge in [-0.1, -0.05) is 30.3 Å². The third-order valence-corrected chi connectivity index (χ3v) is 4.54. The maximum atomic E-state index is 13.3. The first-order valence-corrected chi connectivity index (χ1v) is 9.99. The number of carbonyl (C=O) groups is 2. The molecule has 2 N–H and O–H groups in total. The van der Waals surface area contributed by atoms with E-state index >= 15 is 0 Å². The van der Waals surface area contributed by atoms with Crippen LogP contribution in [-0.2, 0) is 0 Å². The number of aldehydes is 1. The Kier molecular flexibility index (Phi) is 9.80. The number of rotatable bonds is 8. The predicted molar refractivity (Wildman–Crippen MR) is 122 cm³/mol. The van der Waals surface area contributed by atoms with Gasteiger partial charge in [0.15, 0.2) is 5.82 Å². The van der Waals surface area contributed by atoms with Crippen molar-refractivity contribution >= 4 is 18.0 Å². The number of carbonyl (C=O) groups excluding carboxylic acids is 2. The van der Waals surface area contributed by atoms with E-state index in [1.54, 1.807) is 30.3 Å². The second-order valence-corrected chi connectivity index (χ2v) is 6.93. The molecule has 0 aliphatic rings. The van der Waals surface area contributed by atoms with Gasteiger partial charge in [-0.15, -0.1) is 4.91 Å². The Morgan fingerprint density at radius 1 is 1.09 bits per heavy atom. The van der Waals surface area contributed by atoms with E-state index in [0.717, 1.165) is 17.4 Å². The quantitative estimate of drug-likeness (QED) is 0.407. The summed E-state index contributed by atoms with van der Waals surface area (Å²) in [4.78, 5) is 37.6. The van der Waals surface area contributed by atoms with Crippen LogP contribution in [0.25, 0.3) is 0 Å². The first kappa shape index (κ1) is 24.5. The lowest BCUT2D eigenvalue weighted by Crippen LogP contribution is -2.26. The molecule has 1 aromatic heterocycles. The summed E-state index contributed by atoms with van der Waals surface area (Å²) in [7, 11) is 3.75. The monoisotopic (exact) mass is 436 g/mol. The Hall–Kier alpha value is -3.78. The van der Waals surface area contributed by atoms with Crippen molar-refractivity contribution in [3.63, 3.8) is 0 Å². The topological polar surface area (TPSA) is 101 Å². The van der Waals surface area contributed by atoms with Crippen LogP contribution in [0.5, 0.6) is 0 Å². The molecule has 1 heterocycles. The van der Waals surface area contributed by atoms with Crippen molar-refractivity contribution in [1.29, 1.82) is 0 Å². The highest BCUT2D eigenvalue weighted by atomic mass is 19.1. The molecule has 166 valence electrons. The zero-order valence-corrected chi connectivity index (χ0v) is 17.9. The Bertz CT molecular complexity index is 1020. The number of hydrogen-bond acceptors (Lipinski definition) is 6. The van der Waals surface area contributed by atoms with Crippen molar-refractivity contribution < 1.29 is 14.0 Å². The van der Waals surface area contributed by atoms with Gasteiger partial charge in [-0.05, 0) is 67.2 Å². The average molecular weight is 436 g/mol. The molecule has 0 fully saturated rings. The van der Waals surface area contributed by atoms with Crippen LogP contribution in [0.1, 0.15) is 44.2 Å². The molecule has 2 aromatic carbocycles. The summed E-state index contributed by atoms with van der Waals surface area (Å²) >= 11 is 0. The van der Waals surface area contributed by atoms with E-state index in [-0.39, 0.29) is 23.5 Å². The van der Waals surface area contributed by atoms with Gasteiger partial charge in [0.25, 0.3) is 5.91 Å². The maximum absolute atomic E-state index is 13.3. The highest BCUT2D eigenvalue weighted by molar-refractivity contribution is 5.93. The molecule has 0 aliphatic heterocycles. The van der Waals surface area contributed by atoms with Gasteiger partial charge in [-0.2, -0.15) is 0 Å². The van der Waals surface area contributed by atoms with Gasteiger partial charge in [0.05, 0.1) is 5.56 Å². The largest absolute Gasteiger partial charge is 0.352 e. The van der Waals surface area contributed by atoms with E-state index < -0.39 is 0 Å². The van der Waals surface area contributed by atoms with Gasteiger partial charge in [0, 0.05) is 24.2 Å². The first-order valence-electron chi connectivity index (χ1n) is 9.99. The Labute approximate surface area is 186 Å². The summed E-state index contributed by atoms with van der Waals surface area (Å²) in [6.07, 6.45) is 2.61. The highest BCUT2D eigenvalue weighted by Crippen LogP contribution is 2.28. The van der Waals surface area contributed by atoms with Crippen molar-refractivity contribution in [2.45, 2.75) is 12.3 Å². The van der Waals surface area contributed by atoms with Gasteiger partial charge < -0.3 is 10.6 Å². The molecular weight excluding hydrogens is 411 g/mol. The molecule has 0 spiro atoms. The minimum atomic E-state index is -0.330. The molecule has 1 amide bonds. The van der Waals surface area contributed by atoms with Gasteiger partial charge in [0.1, 0.15) is 12.1 Å². The number of pyridine rings is 1. The standard InChI is InChI=1S/C22H18FN3O3.C2H7N/c23-19-7-4-16(5-8-19)20(17-3-1-2-15(12-17)14-27)10-11-24-22(28)18-6-9-21(26-29)25-13-18;1-3-2/h1-9,12-14,20H,10-11H2,(H,24,28);3H,1-2H3. The van der Waals surface area contributed by atoms with E-state index in [9.17, 15) is 18.9 Å². The van der Waals surface area contributed by atoms with E-state index in [0.29, 0.717) is 24.1 Å². The Balaban J connectivity index is 0.00000114. The number of halogens is 1. The number of nitrogens with one attached hydrogen (secondary N) is 2. The van der Waals surface area contributed by atoms with Crippen LogP contribution >= 0.6 is 0 Å². The number of nitrogens with zero attached hydrogens (tertiary/aromatic N) is 2.